The first-order valence-corrected chi connectivity index (χ1v) is 9.71. The lowest BCUT2D eigenvalue weighted by Gasteiger charge is -2.12. The number of sulfonamides is 1. The second kappa shape index (κ2) is 7.53. The van der Waals surface area contributed by atoms with Gasteiger partial charge in [0, 0.05) is 27.4 Å². The lowest BCUT2D eigenvalue weighted by molar-refractivity contribution is 0.403. The van der Waals surface area contributed by atoms with Crippen LogP contribution in [0.15, 0.2) is 65.8 Å². The summed E-state index contributed by atoms with van der Waals surface area (Å²) in [5.41, 5.74) is 1.74. The highest BCUT2D eigenvalue weighted by atomic mass is 35.5. The molecule has 0 atom stereocenters. The number of anilines is 1. The van der Waals surface area contributed by atoms with E-state index in [4.69, 9.17) is 27.9 Å². The Labute approximate surface area is 161 Å². The number of halogens is 2. The molecular formula is C18H14Cl2N2O3S. The zero-order valence-corrected chi connectivity index (χ0v) is 15.9. The van der Waals surface area contributed by atoms with E-state index < -0.39 is 10.0 Å². The minimum absolute atomic E-state index is 0.0596. The molecule has 3 rings (SSSR count). The van der Waals surface area contributed by atoms with E-state index in [1.807, 2.05) is 18.2 Å². The van der Waals surface area contributed by atoms with Crippen LogP contribution in [-0.2, 0) is 10.0 Å². The van der Waals surface area contributed by atoms with E-state index in [-0.39, 0.29) is 15.7 Å². The number of rotatable bonds is 5. The van der Waals surface area contributed by atoms with Crippen molar-refractivity contribution >= 4 is 38.9 Å². The van der Waals surface area contributed by atoms with E-state index in [9.17, 15) is 8.42 Å². The number of ether oxygens (including phenoxy) is 1. The van der Waals surface area contributed by atoms with Crippen molar-refractivity contribution in [3.63, 3.8) is 0 Å². The second-order valence-corrected chi connectivity index (χ2v) is 7.84. The fourth-order valence-corrected chi connectivity index (χ4v) is 4.12. The first kappa shape index (κ1) is 18.5. The molecule has 0 fully saturated rings. The van der Waals surface area contributed by atoms with Crippen LogP contribution in [0.3, 0.4) is 0 Å². The van der Waals surface area contributed by atoms with Crippen molar-refractivity contribution in [3.8, 4) is 16.9 Å². The molecule has 0 bridgehead atoms. The maximum Gasteiger partial charge on any atom is 0.265 e. The van der Waals surface area contributed by atoms with Crippen LogP contribution < -0.4 is 9.46 Å². The maximum absolute atomic E-state index is 12.7. The molecule has 1 N–H and O–H groups in total. The number of nitrogens with zero attached hydrogens (tertiary/aromatic N) is 1. The number of benzene rings is 2. The van der Waals surface area contributed by atoms with Crippen LogP contribution in [0.2, 0.25) is 10.0 Å². The Bertz CT molecular complexity index is 1060. The van der Waals surface area contributed by atoms with Gasteiger partial charge in [0.2, 0.25) is 0 Å². The number of aromatic nitrogens is 1. The highest BCUT2D eigenvalue weighted by Crippen LogP contribution is 2.31. The van der Waals surface area contributed by atoms with Crippen molar-refractivity contribution in [2.75, 3.05) is 11.8 Å². The van der Waals surface area contributed by atoms with Gasteiger partial charge in [-0.1, -0.05) is 41.4 Å². The van der Waals surface area contributed by atoms with Crippen molar-refractivity contribution in [1.29, 1.82) is 0 Å². The van der Waals surface area contributed by atoms with Crippen molar-refractivity contribution in [2.45, 2.75) is 4.90 Å². The van der Waals surface area contributed by atoms with E-state index in [0.29, 0.717) is 16.3 Å². The molecule has 0 amide bonds. The Hall–Kier alpha value is -2.28. The lowest BCUT2D eigenvalue weighted by atomic mass is 10.1. The van der Waals surface area contributed by atoms with Crippen LogP contribution in [0.1, 0.15) is 0 Å². The van der Waals surface area contributed by atoms with E-state index in [1.54, 1.807) is 24.4 Å². The molecule has 0 spiro atoms. The third-order valence-corrected chi connectivity index (χ3v) is 5.56. The molecular weight excluding hydrogens is 395 g/mol. The van der Waals surface area contributed by atoms with Gasteiger partial charge in [0.15, 0.2) is 0 Å². The zero-order chi connectivity index (χ0) is 18.7. The largest absolute Gasteiger partial charge is 0.495 e. The standard InChI is InChI=1S/C18H14Cl2N2O3S/c1-25-17-7-6-13(19)9-18(17)26(23,24)22-14-8-12(10-21-11-14)15-4-2-3-5-16(15)20/h2-11,22H,1H3. The van der Waals surface area contributed by atoms with Crippen LogP contribution in [0.25, 0.3) is 11.1 Å². The average Bonchev–Trinajstić information content (AvgIpc) is 2.62. The molecule has 0 saturated heterocycles. The lowest BCUT2D eigenvalue weighted by Crippen LogP contribution is -2.14. The predicted molar refractivity (Wildman–Crippen MR) is 103 cm³/mol. The minimum Gasteiger partial charge on any atom is -0.495 e. The summed E-state index contributed by atoms with van der Waals surface area (Å²) >= 11 is 12.1. The third-order valence-electron chi connectivity index (χ3n) is 3.59. The highest BCUT2D eigenvalue weighted by Gasteiger charge is 2.20. The van der Waals surface area contributed by atoms with Crippen LogP contribution in [-0.4, -0.2) is 20.5 Å². The van der Waals surface area contributed by atoms with E-state index >= 15 is 0 Å². The molecule has 26 heavy (non-hydrogen) atoms. The Kier molecular flexibility index (Phi) is 5.36. The van der Waals surface area contributed by atoms with Gasteiger partial charge in [-0.15, -0.1) is 0 Å². The van der Waals surface area contributed by atoms with Crippen molar-refractivity contribution in [1.82, 2.24) is 4.98 Å². The summed E-state index contributed by atoms with van der Waals surface area (Å²) in [5.74, 6) is 0.192. The van der Waals surface area contributed by atoms with E-state index in [1.165, 1.54) is 25.4 Å². The second-order valence-electron chi connectivity index (χ2n) is 5.34. The normalized spacial score (nSPS) is 11.2. The monoisotopic (exact) mass is 408 g/mol. The molecule has 5 nitrogen and oxygen atoms in total. The van der Waals surface area contributed by atoms with E-state index in [2.05, 4.69) is 9.71 Å². The molecule has 3 aromatic rings. The quantitative estimate of drug-likeness (QED) is 0.653. The number of nitrogens with one attached hydrogen (secondary N) is 1. The van der Waals surface area contributed by atoms with Crippen molar-refractivity contribution in [2.24, 2.45) is 0 Å². The average molecular weight is 409 g/mol. The summed E-state index contributed by atoms with van der Waals surface area (Å²) in [5, 5.41) is 0.833. The molecule has 134 valence electrons. The van der Waals surface area contributed by atoms with Gasteiger partial charge in [-0.3, -0.25) is 9.71 Å². The number of methoxy groups -OCH3 is 1. The highest BCUT2D eigenvalue weighted by molar-refractivity contribution is 7.92. The summed E-state index contributed by atoms with van der Waals surface area (Å²) in [7, 11) is -2.53. The van der Waals surface area contributed by atoms with Gasteiger partial charge < -0.3 is 4.74 Å². The smallest absolute Gasteiger partial charge is 0.265 e. The molecule has 0 radical (unpaired) electrons. The fourth-order valence-electron chi connectivity index (χ4n) is 2.41. The minimum atomic E-state index is -3.92. The molecule has 1 aromatic heterocycles. The van der Waals surface area contributed by atoms with Gasteiger partial charge >= 0.3 is 0 Å². The maximum atomic E-state index is 12.7. The van der Waals surface area contributed by atoms with Crippen LogP contribution in [0, 0.1) is 0 Å². The molecule has 8 heteroatoms. The first-order chi connectivity index (χ1) is 12.4. The van der Waals surface area contributed by atoms with Gasteiger partial charge in [0.25, 0.3) is 10.0 Å². The van der Waals surface area contributed by atoms with Crippen LogP contribution in [0.5, 0.6) is 5.75 Å². The van der Waals surface area contributed by atoms with Crippen LogP contribution in [0.4, 0.5) is 5.69 Å². The SMILES string of the molecule is COc1ccc(Cl)cc1S(=O)(=O)Nc1cncc(-c2ccccc2Cl)c1. The van der Waals surface area contributed by atoms with Gasteiger partial charge in [-0.05, 0) is 30.3 Å². The summed E-state index contributed by atoms with van der Waals surface area (Å²) in [6.45, 7) is 0. The van der Waals surface area contributed by atoms with Gasteiger partial charge in [0.1, 0.15) is 10.6 Å². The number of hydrogen-bond donors (Lipinski definition) is 1. The summed E-state index contributed by atoms with van der Waals surface area (Å²) in [6.07, 6.45) is 3.02. The zero-order valence-electron chi connectivity index (χ0n) is 13.6. The van der Waals surface area contributed by atoms with Gasteiger partial charge in [0.05, 0.1) is 19.0 Å². The Balaban J connectivity index is 1.98. The summed E-state index contributed by atoms with van der Waals surface area (Å²) in [4.78, 5) is 4.04. The van der Waals surface area contributed by atoms with Crippen LogP contribution >= 0.6 is 23.2 Å². The summed E-state index contributed by atoms with van der Waals surface area (Å²) < 4.78 is 33.1. The molecule has 2 aromatic carbocycles. The van der Waals surface area contributed by atoms with Gasteiger partial charge in [-0.2, -0.15) is 0 Å². The number of hydrogen-bond acceptors (Lipinski definition) is 4. The predicted octanol–water partition coefficient (Wildman–Crippen LogP) is 4.86. The summed E-state index contributed by atoms with van der Waals surface area (Å²) in [6, 6.07) is 13.3. The molecule has 0 aliphatic carbocycles. The van der Waals surface area contributed by atoms with Crippen molar-refractivity contribution < 1.29 is 13.2 Å². The Morgan fingerprint density at radius 3 is 2.54 bits per heavy atom. The topological polar surface area (TPSA) is 68.3 Å². The van der Waals surface area contributed by atoms with Gasteiger partial charge in [-0.25, -0.2) is 8.42 Å². The third kappa shape index (κ3) is 3.93. The first-order valence-electron chi connectivity index (χ1n) is 7.47. The number of pyridine rings is 1. The molecule has 0 unspecified atom stereocenters. The molecule has 1 heterocycles. The molecule has 0 aliphatic heterocycles. The Morgan fingerprint density at radius 2 is 1.81 bits per heavy atom. The molecule has 0 saturated carbocycles. The Morgan fingerprint density at radius 1 is 1.04 bits per heavy atom. The fraction of sp³-hybridized carbons (Fsp3) is 0.0556. The molecule has 0 aliphatic rings. The van der Waals surface area contributed by atoms with Crippen molar-refractivity contribution in [3.05, 3.63) is 71.0 Å². The van der Waals surface area contributed by atoms with E-state index in [0.717, 1.165) is 5.56 Å².